The van der Waals surface area contributed by atoms with Crippen molar-refractivity contribution in [2.75, 3.05) is 5.88 Å². The van der Waals surface area contributed by atoms with E-state index in [4.69, 9.17) is 0 Å². The Kier molecular flexibility index (Phi) is 8.46. The van der Waals surface area contributed by atoms with Crippen LogP contribution in [0.15, 0.2) is 12.7 Å². The van der Waals surface area contributed by atoms with Crippen LogP contribution in [-0.4, -0.2) is 24.8 Å². The zero-order valence-corrected chi connectivity index (χ0v) is 11.8. The molecule has 1 N–H and O–H groups in total. The van der Waals surface area contributed by atoms with Gasteiger partial charge in [-0.1, -0.05) is 6.58 Å². The Bertz CT molecular complexity index is 234. The molecular formula is C4H6NO4RbS. The fourth-order valence-corrected chi connectivity index (χ4v) is 0.551. The molecule has 0 aromatic carbocycles. The topological polar surface area (TPSA) is 86.3 Å². The van der Waals surface area contributed by atoms with Gasteiger partial charge in [0, 0.05) is 0 Å². The minimum atomic E-state index is -4.36. The van der Waals surface area contributed by atoms with E-state index in [1.54, 1.807) is 0 Å². The van der Waals surface area contributed by atoms with Gasteiger partial charge in [0.2, 0.25) is 5.91 Å². The SMILES string of the molecule is C=CC(=O)NCS(=O)(=O)[O-].[Rb+]. The molecule has 0 aliphatic rings. The van der Waals surface area contributed by atoms with Crippen molar-refractivity contribution >= 4 is 16.0 Å². The summed E-state index contributed by atoms with van der Waals surface area (Å²) >= 11 is 0. The minimum absolute atomic E-state index is 0. The van der Waals surface area contributed by atoms with E-state index in [9.17, 15) is 17.8 Å². The Labute approximate surface area is 114 Å². The van der Waals surface area contributed by atoms with E-state index < -0.39 is 21.9 Å². The molecule has 0 bridgehead atoms. The van der Waals surface area contributed by atoms with Gasteiger partial charge < -0.3 is 9.87 Å². The average molecular weight is 250 g/mol. The van der Waals surface area contributed by atoms with Crippen LogP contribution >= 0.6 is 0 Å². The summed E-state index contributed by atoms with van der Waals surface area (Å²) < 4.78 is 29.5. The van der Waals surface area contributed by atoms with Gasteiger partial charge in [0.15, 0.2) is 0 Å². The van der Waals surface area contributed by atoms with Crippen LogP contribution in [0.1, 0.15) is 0 Å². The quantitative estimate of drug-likeness (QED) is 0.406. The second-order valence-electron chi connectivity index (χ2n) is 1.45. The zero-order valence-electron chi connectivity index (χ0n) is 6.03. The van der Waals surface area contributed by atoms with E-state index in [0.717, 1.165) is 6.08 Å². The van der Waals surface area contributed by atoms with Gasteiger partial charge >= 0.3 is 58.2 Å². The van der Waals surface area contributed by atoms with Crippen LogP contribution in [0.4, 0.5) is 0 Å². The first kappa shape index (κ1) is 14.4. The summed E-state index contributed by atoms with van der Waals surface area (Å²) in [5.41, 5.74) is 0. The maximum atomic E-state index is 10.2. The summed E-state index contributed by atoms with van der Waals surface area (Å²) in [6, 6.07) is 0. The van der Waals surface area contributed by atoms with Gasteiger partial charge in [0.05, 0.1) is 0 Å². The molecule has 0 aliphatic carbocycles. The van der Waals surface area contributed by atoms with Crippen LogP contribution in [0, 0.1) is 0 Å². The van der Waals surface area contributed by atoms with Crippen molar-refractivity contribution in [3.63, 3.8) is 0 Å². The monoisotopic (exact) mass is 249 g/mol. The van der Waals surface area contributed by atoms with Crippen molar-refractivity contribution in [2.24, 2.45) is 0 Å². The molecule has 0 aromatic rings. The van der Waals surface area contributed by atoms with Crippen LogP contribution in [0.2, 0.25) is 0 Å². The molecule has 0 unspecified atom stereocenters. The molecule has 0 saturated carbocycles. The Balaban J connectivity index is 0. The van der Waals surface area contributed by atoms with Crippen LogP contribution in [-0.2, 0) is 14.9 Å². The normalized spacial score (nSPS) is 9.55. The third-order valence-electron chi connectivity index (χ3n) is 0.609. The van der Waals surface area contributed by atoms with Crippen LogP contribution in [0.5, 0.6) is 0 Å². The molecule has 58 valence electrons. The van der Waals surface area contributed by atoms with E-state index in [2.05, 4.69) is 6.58 Å². The van der Waals surface area contributed by atoms with E-state index in [0.29, 0.717) is 0 Å². The summed E-state index contributed by atoms with van der Waals surface area (Å²) in [4.78, 5) is 10.2. The van der Waals surface area contributed by atoms with E-state index in [1.165, 1.54) is 0 Å². The molecule has 0 aromatic heterocycles. The Hall–Kier alpha value is 0.925. The summed E-state index contributed by atoms with van der Waals surface area (Å²) in [5, 5.41) is 1.81. The predicted molar refractivity (Wildman–Crippen MR) is 32.9 cm³/mol. The van der Waals surface area contributed by atoms with Crippen molar-refractivity contribution in [1.29, 1.82) is 0 Å². The first-order valence-corrected chi connectivity index (χ1v) is 3.87. The molecule has 0 aliphatic heterocycles. The molecule has 0 spiro atoms. The smallest absolute Gasteiger partial charge is 0.747 e. The molecule has 0 radical (unpaired) electrons. The van der Waals surface area contributed by atoms with Gasteiger partial charge in [-0.2, -0.15) is 0 Å². The third kappa shape index (κ3) is 10.9. The number of rotatable bonds is 3. The first-order valence-electron chi connectivity index (χ1n) is 2.29. The Morgan fingerprint density at radius 1 is 1.64 bits per heavy atom. The average Bonchev–Trinajstić information content (AvgIpc) is 1.81. The molecule has 0 rings (SSSR count). The van der Waals surface area contributed by atoms with Crippen molar-refractivity contribution < 1.29 is 76.0 Å². The second-order valence-corrected chi connectivity index (χ2v) is 2.85. The molecule has 5 nitrogen and oxygen atoms in total. The van der Waals surface area contributed by atoms with Gasteiger partial charge in [-0.25, -0.2) is 8.42 Å². The molecular weight excluding hydrogens is 244 g/mol. The van der Waals surface area contributed by atoms with Crippen LogP contribution in [0.25, 0.3) is 0 Å². The summed E-state index contributed by atoms with van der Waals surface area (Å²) in [6.45, 7) is 3.05. The number of nitrogens with one attached hydrogen (secondary N) is 1. The summed E-state index contributed by atoms with van der Waals surface area (Å²) in [7, 11) is -4.36. The Morgan fingerprint density at radius 3 is 2.36 bits per heavy atom. The standard InChI is InChI=1S/C4H7NO4S.Rb/c1-2-4(6)5-3-10(7,8)9;/h2H,1,3H2,(H,5,6)(H,7,8,9);/q;+1/p-1. The molecule has 1 amide bonds. The predicted octanol–water partition coefficient (Wildman–Crippen LogP) is -4.20. The molecule has 0 heterocycles. The second kappa shape index (κ2) is 6.44. The van der Waals surface area contributed by atoms with Crippen molar-refractivity contribution in [1.82, 2.24) is 5.32 Å². The maximum absolute atomic E-state index is 10.2. The summed E-state index contributed by atoms with van der Waals surface area (Å²) in [5.74, 6) is -1.57. The fourth-order valence-electron chi connectivity index (χ4n) is 0.232. The first-order chi connectivity index (χ1) is 4.45. The number of hydrogen-bond donors (Lipinski definition) is 1. The van der Waals surface area contributed by atoms with E-state index in [-0.39, 0.29) is 58.2 Å². The third-order valence-corrected chi connectivity index (χ3v) is 1.11. The van der Waals surface area contributed by atoms with E-state index in [1.807, 2.05) is 5.32 Å². The van der Waals surface area contributed by atoms with Crippen LogP contribution in [0.3, 0.4) is 0 Å². The largest absolute Gasteiger partial charge is 1.00 e. The molecule has 11 heavy (non-hydrogen) atoms. The van der Waals surface area contributed by atoms with Gasteiger partial charge in [0.25, 0.3) is 0 Å². The van der Waals surface area contributed by atoms with Crippen molar-refractivity contribution in [3.05, 3.63) is 12.7 Å². The van der Waals surface area contributed by atoms with Gasteiger partial charge in [-0.05, 0) is 6.08 Å². The number of carbonyl (C=O) groups excluding carboxylic acids is 1. The van der Waals surface area contributed by atoms with Crippen molar-refractivity contribution in [2.45, 2.75) is 0 Å². The fraction of sp³-hybridized carbons (Fsp3) is 0.250. The number of amides is 1. The molecule has 0 fully saturated rings. The maximum Gasteiger partial charge on any atom is 1.00 e. The van der Waals surface area contributed by atoms with Crippen molar-refractivity contribution in [3.8, 4) is 0 Å². The van der Waals surface area contributed by atoms with Gasteiger partial charge in [0.1, 0.15) is 16.0 Å². The summed E-state index contributed by atoms with van der Waals surface area (Å²) in [6.07, 6.45) is 0.880. The van der Waals surface area contributed by atoms with Gasteiger partial charge in [-0.15, -0.1) is 0 Å². The number of hydrogen-bond acceptors (Lipinski definition) is 4. The van der Waals surface area contributed by atoms with Gasteiger partial charge in [-0.3, -0.25) is 4.79 Å². The Morgan fingerprint density at radius 2 is 2.09 bits per heavy atom. The molecule has 7 heteroatoms. The molecule has 0 atom stereocenters. The molecule has 0 saturated heterocycles. The zero-order chi connectivity index (χ0) is 8.20. The van der Waals surface area contributed by atoms with Crippen LogP contribution < -0.4 is 63.5 Å². The minimum Gasteiger partial charge on any atom is -0.747 e. The van der Waals surface area contributed by atoms with E-state index >= 15 is 0 Å². The number of carbonyl (C=O) groups is 1.